The van der Waals surface area contributed by atoms with Gasteiger partial charge in [-0.15, -0.1) is 0 Å². The van der Waals surface area contributed by atoms with E-state index in [4.69, 9.17) is 5.11 Å². The van der Waals surface area contributed by atoms with Gasteiger partial charge < -0.3 is 10.4 Å². The largest absolute Gasteiger partial charge is 0.395 e. The number of carbonyl (C=O) groups excluding carboxylic acids is 1. The Morgan fingerprint density at radius 3 is 2.72 bits per heavy atom. The van der Waals surface area contributed by atoms with E-state index in [1.54, 1.807) is 18.9 Å². The number of amides is 1. The number of aliphatic hydroxyl groups is 1. The Bertz CT molecular complexity index is 427. The third-order valence-electron chi connectivity index (χ3n) is 2.61. The fraction of sp³-hybridized carbons (Fsp3) is 0.417. The van der Waals surface area contributed by atoms with Crippen LogP contribution >= 0.6 is 0 Å². The van der Waals surface area contributed by atoms with Crippen LogP contribution in [-0.4, -0.2) is 42.2 Å². The van der Waals surface area contributed by atoms with Gasteiger partial charge in [0.2, 0.25) is 5.91 Å². The first kappa shape index (κ1) is 14.5. The fourth-order valence-corrected chi connectivity index (χ4v) is 1.30. The third-order valence-corrected chi connectivity index (χ3v) is 2.61. The van der Waals surface area contributed by atoms with E-state index in [-0.39, 0.29) is 24.9 Å². The molecular weight excluding hydrogens is 242 g/mol. The summed E-state index contributed by atoms with van der Waals surface area (Å²) in [6.45, 7) is 1.69. The Morgan fingerprint density at radius 2 is 2.17 bits per heavy atom. The van der Waals surface area contributed by atoms with Crippen molar-refractivity contribution in [2.24, 2.45) is 0 Å². The second-order valence-electron chi connectivity index (χ2n) is 4.12. The van der Waals surface area contributed by atoms with Crippen LogP contribution < -0.4 is 5.32 Å². The number of benzene rings is 1. The summed E-state index contributed by atoms with van der Waals surface area (Å²) in [5, 5.41) is 11.3. The minimum absolute atomic E-state index is 0.0124. The van der Waals surface area contributed by atoms with Crippen molar-refractivity contribution >= 4 is 11.6 Å². The number of hydrogen-bond acceptors (Lipinski definition) is 3. The molecule has 0 fully saturated rings. The van der Waals surface area contributed by atoms with E-state index in [0.29, 0.717) is 6.07 Å². The molecular formula is C12H16F2N2O2. The van der Waals surface area contributed by atoms with Gasteiger partial charge in [0.25, 0.3) is 0 Å². The van der Waals surface area contributed by atoms with E-state index < -0.39 is 17.5 Å². The molecule has 100 valence electrons. The van der Waals surface area contributed by atoms with Gasteiger partial charge in [-0.25, -0.2) is 8.78 Å². The van der Waals surface area contributed by atoms with Crippen molar-refractivity contribution in [1.29, 1.82) is 0 Å². The number of rotatable bonds is 5. The van der Waals surface area contributed by atoms with E-state index in [9.17, 15) is 13.6 Å². The lowest BCUT2D eigenvalue weighted by molar-refractivity contribution is -0.117. The Balaban J connectivity index is 2.59. The molecule has 0 aliphatic rings. The predicted molar refractivity (Wildman–Crippen MR) is 64.2 cm³/mol. The zero-order chi connectivity index (χ0) is 13.7. The van der Waals surface area contributed by atoms with Crippen LogP contribution in [0.3, 0.4) is 0 Å². The highest BCUT2D eigenvalue weighted by molar-refractivity contribution is 5.92. The lowest BCUT2D eigenvalue weighted by atomic mass is 10.3. The molecule has 1 unspecified atom stereocenters. The number of halogens is 2. The minimum atomic E-state index is -0.818. The summed E-state index contributed by atoms with van der Waals surface area (Å²) in [6.07, 6.45) is 0. The minimum Gasteiger partial charge on any atom is -0.395 e. The normalized spacial score (nSPS) is 12.6. The van der Waals surface area contributed by atoms with Gasteiger partial charge >= 0.3 is 0 Å². The molecule has 4 nitrogen and oxygen atoms in total. The van der Waals surface area contributed by atoms with Gasteiger partial charge in [0.15, 0.2) is 0 Å². The quantitative estimate of drug-likeness (QED) is 0.835. The van der Waals surface area contributed by atoms with E-state index in [1.807, 2.05) is 0 Å². The molecule has 6 heteroatoms. The number of hydrogen-bond donors (Lipinski definition) is 2. The Morgan fingerprint density at radius 1 is 1.50 bits per heavy atom. The molecule has 1 atom stereocenters. The van der Waals surface area contributed by atoms with Crippen molar-refractivity contribution < 1.29 is 18.7 Å². The predicted octanol–water partition coefficient (Wildman–Crippen LogP) is 1.22. The molecule has 0 bridgehead atoms. The molecule has 0 aliphatic carbocycles. The standard InChI is InChI=1S/C12H16F2N2O2/c1-8(7-17)16(2)6-12(18)15-11-4-3-9(13)5-10(11)14/h3-5,8,17H,6-7H2,1-2H3,(H,15,18). The molecule has 1 aromatic carbocycles. The van der Waals surface area contributed by atoms with Gasteiger partial charge in [0.05, 0.1) is 18.8 Å². The van der Waals surface area contributed by atoms with Crippen molar-refractivity contribution in [3.05, 3.63) is 29.8 Å². The average molecular weight is 258 g/mol. The van der Waals surface area contributed by atoms with Crippen LogP contribution in [0.5, 0.6) is 0 Å². The molecule has 2 N–H and O–H groups in total. The molecule has 0 saturated heterocycles. The summed E-state index contributed by atoms with van der Waals surface area (Å²) >= 11 is 0. The van der Waals surface area contributed by atoms with Crippen molar-refractivity contribution in [3.8, 4) is 0 Å². The fourth-order valence-electron chi connectivity index (χ4n) is 1.30. The van der Waals surface area contributed by atoms with Crippen LogP contribution in [0, 0.1) is 11.6 Å². The van der Waals surface area contributed by atoms with Crippen molar-refractivity contribution in [1.82, 2.24) is 4.90 Å². The van der Waals surface area contributed by atoms with Crippen LogP contribution in [0.25, 0.3) is 0 Å². The number of likely N-dealkylation sites (N-methyl/N-ethyl adjacent to an activating group) is 1. The zero-order valence-electron chi connectivity index (χ0n) is 10.3. The molecule has 18 heavy (non-hydrogen) atoms. The first-order chi connectivity index (χ1) is 8.43. The molecule has 0 saturated carbocycles. The maximum atomic E-state index is 13.3. The summed E-state index contributed by atoms with van der Waals surface area (Å²) in [5.41, 5.74) is -0.0635. The summed E-state index contributed by atoms with van der Waals surface area (Å²) < 4.78 is 25.9. The van der Waals surface area contributed by atoms with E-state index >= 15 is 0 Å². The lowest BCUT2D eigenvalue weighted by Gasteiger charge is -2.22. The maximum Gasteiger partial charge on any atom is 0.238 e. The van der Waals surface area contributed by atoms with Crippen LogP contribution in [0.2, 0.25) is 0 Å². The smallest absolute Gasteiger partial charge is 0.238 e. The molecule has 0 radical (unpaired) electrons. The molecule has 0 spiro atoms. The summed E-state index contributed by atoms with van der Waals surface area (Å²) in [4.78, 5) is 13.2. The third kappa shape index (κ3) is 4.05. The second-order valence-corrected chi connectivity index (χ2v) is 4.12. The van der Waals surface area contributed by atoms with Gasteiger partial charge in [-0.3, -0.25) is 9.69 Å². The first-order valence-corrected chi connectivity index (χ1v) is 5.50. The van der Waals surface area contributed by atoms with Crippen LogP contribution in [0.15, 0.2) is 18.2 Å². The van der Waals surface area contributed by atoms with Gasteiger partial charge in [-0.1, -0.05) is 0 Å². The number of anilines is 1. The molecule has 0 aliphatic heterocycles. The summed E-state index contributed by atoms with van der Waals surface area (Å²) in [6, 6.07) is 2.76. The Labute approximate surface area is 104 Å². The Kier molecular flexibility index (Phi) is 5.18. The number of aliphatic hydroxyl groups excluding tert-OH is 1. The SMILES string of the molecule is CC(CO)N(C)CC(=O)Nc1ccc(F)cc1F. The van der Waals surface area contributed by atoms with Gasteiger partial charge in [-0.2, -0.15) is 0 Å². The molecule has 0 aromatic heterocycles. The highest BCUT2D eigenvalue weighted by atomic mass is 19.1. The van der Waals surface area contributed by atoms with Gasteiger partial charge in [0, 0.05) is 12.1 Å². The number of carbonyl (C=O) groups is 1. The molecule has 1 aromatic rings. The van der Waals surface area contributed by atoms with E-state index in [0.717, 1.165) is 12.1 Å². The highest BCUT2D eigenvalue weighted by Gasteiger charge is 2.13. The van der Waals surface area contributed by atoms with E-state index in [2.05, 4.69) is 5.32 Å². The van der Waals surface area contributed by atoms with Crippen molar-refractivity contribution in [2.75, 3.05) is 25.5 Å². The molecule has 1 amide bonds. The van der Waals surface area contributed by atoms with E-state index in [1.165, 1.54) is 0 Å². The number of nitrogens with one attached hydrogen (secondary N) is 1. The van der Waals surface area contributed by atoms with Crippen molar-refractivity contribution in [2.45, 2.75) is 13.0 Å². The zero-order valence-corrected chi connectivity index (χ0v) is 10.3. The first-order valence-electron chi connectivity index (χ1n) is 5.50. The summed E-state index contributed by atoms with van der Waals surface area (Å²) in [5.74, 6) is -1.94. The van der Waals surface area contributed by atoms with Gasteiger partial charge in [-0.05, 0) is 26.1 Å². The monoisotopic (exact) mass is 258 g/mol. The van der Waals surface area contributed by atoms with Crippen LogP contribution in [-0.2, 0) is 4.79 Å². The average Bonchev–Trinajstić information content (AvgIpc) is 2.31. The highest BCUT2D eigenvalue weighted by Crippen LogP contribution is 2.14. The Hall–Kier alpha value is -1.53. The van der Waals surface area contributed by atoms with Crippen LogP contribution in [0.4, 0.5) is 14.5 Å². The van der Waals surface area contributed by atoms with Crippen molar-refractivity contribution in [3.63, 3.8) is 0 Å². The van der Waals surface area contributed by atoms with Crippen LogP contribution in [0.1, 0.15) is 6.92 Å². The van der Waals surface area contributed by atoms with Gasteiger partial charge in [0.1, 0.15) is 11.6 Å². The second kappa shape index (κ2) is 6.42. The molecule has 0 heterocycles. The number of nitrogens with zero attached hydrogens (tertiary/aromatic N) is 1. The lowest BCUT2D eigenvalue weighted by Crippen LogP contribution is -2.38. The topological polar surface area (TPSA) is 52.6 Å². The maximum absolute atomic E-state index is 13.3. The molecule has 1 rings (SSSR count). The summed E-state index contributed by atoms with van der Waals surface area (Å²) in [7, 11) is 1.67.